The second kappa shape index (κ2) is 4.97. The maximum atomic E-state index is 5.63. The highest BCUT2D eigenvalue weighted by Gasteiger charge is 2.19. The Hall–Kier alpha value is -2.20. The third kappa shape index (κ3) is 2.03. The SMILES string of the molecule is CCc1nc(-c2coc3ccccc23)nc2c1CCNC2. The highest BCUT2D eigenvalue weighted by Crippen LogP contribution is 2.29. The summed E-state index contributed by atoms with van der Waals surface area (Å²) < 4.78 is 5.63. The Labute approximate surface area is 123 Å². The lowest BCUT2D eigenvalue weighted by Gasteiger charge is -2.19. The van der Waals surface area contributed by atoms with Crippen LogP contribution in [0.4, 0.5) is 0 Å². The Balaban J connectivity index is 1.92. The predicted octanol–water partition coefficient (Wildman–Crippen LogP) is 3.10. The number of nitrogens with zero attached hydrogens (tertiary/aromatic N) is 2. The predicted molar refractivity (Wildman–Crippen MR) is 82.0 cm³/mol. The molecule has 0 saturated carbocycles. The van der Waals surface area contributed by atoms with E-state index in [-0.39, 0.29) is 0 Å². The molecule has 1 aliphatic rings. The van der Waals surface area contributed by atoms with Crippen LogP contribution in [0.15, 0.2) is 34.9 Å². The van der Waals surface area contributed by atoms with Crippen LogP contribution in [-0.4, -0.2) is 16.5 Å². The van der Waals surface area contributed by atoms with E-state index in [0.29, 0.717) is 0 Å². The maximum absolute atomic E-state index is 5.63. The van der Waals surface area contributed by atoms with Gasteiger partial charge in [0.2, 0.25) is 0 Å². The summed E-state index contributed by atoms with van der Waals surface area (Å²) in [5, 5.41) is 4.46. The zero-order valence-corrected chi connectivity index (χ0v) is 12.0. The summed E-state index contributed by atoms with van der Waals surface area (Å²) >= 11 is 0. The minimum absolute atomic E-state index is 0.777. The standard InChI is InChI=1S/C17H17N3O/c1-2-14-12-7-8-18-9-15(12)20-17(19-14)13-10-21-16-6-4-3-5-11(13)16/h3-6,10,18H,2,7-9H2,1H3. The minimum Gasteiger partial charge on any atom is -0.464 e. The van der Waals surface area contributed by atoms with Crippen molar-refractivity contribution < 1.29 is 4.42 Å². The van der Waals surface area contributed by atoms with Crippen molar-refractivity contribution in [2.45, 2.75) is 26.3 Å². The molecular formula is C17H17N3O. The lowest BCUT2D eigenvalue weighted by molar-refractivity contribution is 0.612. The van der Waals surface area contributed by atoms with Crippen LogP contribution >= 0.6 is 0 Å². The number of para-hydroxylation sites is 1. The lowest BCUT2D eigenvalue weighted by Crippen LogP contribution is -2.26. The highest BCUT2D eigenvalue weighted by molar-refractivity contribution is 5.91. The Bertz CT molecular complexity index is 790. The zero-order valence-electron chi connectivity index (χ0n) is 12.0. The molecule has 0 unspecified atom stereocenters. The Morgan fingerprint density at radius 2 is 2.14 bits per heavy atom. The van der Waals surface area contributed by atoms with Crippen LogP contribution in [-0.2, 0) is 19.4 Å². The number of aryl methyl sites for hydroxylation is 1. The highest BCUT2D eigenvalue weighted by atomic mass is 16.3. The van der Waals surface area contributed by atoms with Crippen molar-refractivity contribution in [3.05, 3.63) is 47.5 Å². The van der Waals surface area contributed by atoms with Crippen molar-refractivity contribution in [2.24, 2.45) is 0 Å². The molecule has 0 saturated heterocycles. The normalized spacial score (nSPS) is 14.3. The van der Waals surface area contributed by atoms with Crippen LogP contribution in [0.2, 0.25) is 0 Å². The molecule has 0 bridgehead atoms. The first-order valence-corrected chi connectivity index (χ1v) is 7.43. The van der Waals surface area contributed by atoms with Crippen molar-refractivity contribution in [1.82, 2.24) is 15.3 Å². The van der Waals surface area contributed by atoms with Gasteiger partial charge in [0.1, 0.15) is 11.8 Å². The average Bonchev–Trinajstić information content (AvgIpc) is 2.98. The van der Waals surface area contributed by atoms with Gasteiger partial charge in [-0.3, -0.25) is 0 Å². The van der Waals surface area contributed by atoms with Crippen LogP contribution in [0.5, 0.6) is 0 Å². The Morgan fingerprint density at radius 3 is 3.05 bits per heavy atom. The second-order valence-corrected chi connectivity index (χ2v) is 5.35. The molecule has 3 heterocycles. The number of rotatable bonds is 2. The third-order valence-electron chi connectivity index (χ3n) is 4.08. The molecule has 3 aromatic rings. The first-order chi connectivity index (χ1) is 10.4. The van der Waals surface area contributed by atoms with E-state index in [0.717, 1.165) is 54.0 Å². The number of benzene rings is 1. The molecule has 0 spiro atoms. The molecule has 21 heavy (non-hydrogen) atoms. The summed E-state index contributed by atoms with van der Waals surface area (Å²) in [4.78, 5) is 9.58. The number of furan rings is 1. The summed E-state index contributed by atoms with van der Waals surface area (Å²) in [5.74, 6) is 0.777. The number of aromatic nitrogens is 2. The molecule has 0 atom stereocenters. The largest absolute Gasteiger partial charge is 0.464 e. The van der Waals surface area contributed by atoms with E-state index in [1.54, 1.807) is 6.26 Å². The van der Waals surface area contributed by atoms with E-state index in [2.05, 4.69) is 18.3 Å². The fourth-order valence-electron chi connectivity index (χ4n) is 3.00. The van der Waals surface area contributed by atoms with Crippen molar-refractivity contribution in [3.63, 3.8) is 0 Å². The van der Waals surface area contributed by atoms with E-state index >= 15 is 0 Å². The summed E-state index contributed by atoms with van der Waals surface area (Å²) in [7, 11) is 0. The van der Waals surface area contributed by atoms with Gasteiger partial charge in [0.25, 0.3) is 0 Å². The van der Waals surface area contributed by atoms with Gasteiger partial charge in [0.15, 0.2) is 5.82 Å². The lowest BCUT2D eigenvalue weighted by atomic mass is 10.0. The van der Waals surface area contributed by atoms with E-state index in [9.17, 15) is 0 Å². The molecular weight excluding hydrogens is 262 g/mol. The smallest absolute Gasteiger partial charge is 0.163 e. The fourth-order valence-corrected chi connectivity index (χ4v) is 3.00. The first-order valence-electron chi connectivity index (χ1n) is 7.43. The molecule has 0 radical (unpaired) electrons. The van der Waals surface area contributed by atoms with Gasteiger partial charge >= 0.3 is 0 Å². The van der Waals surface area contributed by atoms with Crippen LogP contribution in [0.1, 0.15) is 23.9 Å². The topological polar surface area (TPSA) is 51.0 Å². The van der Waals surface area contributed by atoms with Gasteiger partial charge in [-0.25, -0.2) is 9.97 Å². The van der Waals surface area contributed by atoms with Gasteiger partial charge in [-0.15, -0.1) is 0 Å². The third-order valence-corrected chi connectivity index (χ3v) is 4.08. The van der Waals surface area contributed by atoms with Gasteiger partial charge in [-0.2, -0.15) is 0 Å². The van der Waals surface area contributed by atoms with E-state index in [1.807, 2.05) is 18.2 Å². The molecule has 4 rings (SSSR count). The summed E-state index contributed by atoms with van der Waals surface area (Å²) in [6.07, 6.45) is 3.72. The molecule has 106 valence electrons. The maximum Gasteiger partial charge on any atom is 0.163 e. The van der Waals surface area contributed by atoms with Gasteiger partial charge in [0, 0.05) is 17.6 Å². The first kappa shape index (κ1) is 12.5. The molecule has 1 aliphatic heterocycles. The van der Waals surface area contributed by atoms with Crippen LogP contribution in [0.3, 0.4) is 0 Å². The second-order valence-electron chi connectivity index (χ2n) is 5.35. The Morgan fingerprint density at radius 1 is 1.24 bits per heavy atom. The molecule has 0 fully saturated rings. The monoisotopic (exact) mass is 279 g/mol. The van der Waals surface area contributed by atoms with Crippen LogP contribution in [0, 0.1) is 0 Å². The molecule has 1 aromatic carbocycles. The van der Waals surface area contributed by atoms with E-state index in [1.165, 1.54) is 11.3 Å². The molecule has 0 amide bonds. The summed E-state index contributed by atoms with van der Waals surface area (Å²) in [5.41, 5.74) is 5.49. The van der Waals surface area contributed by atoms with Crippen molar-refractivity contribution in [2.75, 3.05) is 6.54 Å². The molecule has 0 aliphatic carbocycles. The van der Waals surface area contributed by atoms with Crippen molar-refractivity contribution in [1.29, 1.82) is 0 Å². The molecule has 4 nitrogen and oxygen atoms in total. The van der Waals surface area contributed by atoms with E-state index in [4.69, 9.17) is 14.4 Å². The van der Waals surface area contributed by atoms with Crippen molar-refractivity contribution in [3.8, 4) is 11.4 Å². The number of nitrogens with one attached hydrogen (secondary N) is 1. The summed E-state index contributed by atoms with van der Waals surface area (Å²) in [6, 6.07) is 8.02. The minimum atomic E-state index is 0.777. The molecule has 1 N–H and O–H groups in total. The fraction of sp³-hybridized carbons (Fsp3) is 0.294. The molecule has 2 aromatic heterocycles. The van der Waals surface area contributed by atoms with Crippen LogP contribution in [0.25, 0.3) is 22.4 Å². The van der Waals surface area contributed by atoms with Gasteiger partial charge in [0.05, 0.1) is 11.3 Å². The van der Waals surface area contributed by atoms with Crippen molar-refractivity contribution >= 4 is 11.0 Å². The van der Waals surface area contributed by atoms with Gasteiger partial charge in [-0.1, -0.05) is 25.1 Å². The van der Waals surface area contributed by atoms with Crippen LogP contribution < -0.4 is 5.32 Å². The summed E-state index contributed by atoms with van der Waals surface area (Å²) in [6.45, 7) is 3.99. The number of hydrogen-bond acceptors (Lipinski definition) is 4. The van der Waals surface area contributed by atoms with E-state index < -0.39 is 0 Å². The molecule has 4 heteroatoms. The number of fused-ring (bicyclic) bond motifs is 2. The zero-order chi connectivity index (χ0) is 14.2. The van der Waals surface area contributed by atoms with Gasteiger partial charge < -0.3 is 9.73 Å². The average molecular weight is 279 g/mol. The Kier molecular flexibility index (Phi) is 2.97. The quantitative estimate of drug-likeness (QED) is 0.783. The number of hydrogen-bond donors (Lipinski definition) is 1. The van der Waals surface area contributed by atoms with Gasteiger partial charge in [-0.05, 0) is 31.0 Å².